The molecule has 0 bridgehead atoms. The molecule has 0 aliphatic carbocycles. The van der Waals surface area contributed by atoms with Crippen LogP contribution < -0.4 is 10.2 Å². The molecule has 0 radical (unpaired) electrons. The fraction of sp³-hybridized carbons (Fsp3) is 0.286. The summed E-state index contributed by atoms with van der Waals surface area (Å²) in [4.78, 5) is 18.8. The van der Waals surface area contributed by atoms with Crippen molar-refractivity contribution in [1.29, 1.82) is 0 Å². The van der Waals surface area contributed by atoms with E-state index in [4.69, 9.17) is 4.52 Å². The number of nitrogens with one attached hydrogen (secondary N) is 1. The Morgan fingerprint density at radius 3 is 2.40 bits per heavy atom. The lowest BCUT2D eigenvalue weighted by Crippen LogP contribution is -2.22. The first-order chi connectivity index (χ1) is 14.3. The first kappa shape index (κ1) is 19.9. The van der Waals surface area contributed by atoms with Crippen molar-refractivity contribution >= 4 is 17.3 Å². The lowest BCUT2D eigenvalue weighted by atomic mass is 10.1. The molecule has 1 saturated heterocycles. The number of carbonyl (C=O) groups excluding carboxylic acids is 1. The van der Waals surface area contributed by atoms with Crippen molar-refractivity contribution in [1.82, 2.24) is 10.1 Å². The number of nitrogens with zero attached hydrogens (tertiary/aromatic N) is 3. The van der Waals surface area contributed by atoms with E-state index >= 15 is 0 Å². The average Bonchev–Trinajstić information content (AvgIpc) is 3.39. The van der Waals surface area contributed by atoms with E-state index in [1.165, 1.54) is 6.07 Å². The van der Waals surface area contributed by atoms with Crippen LogP contribution in [0.2, 0.25) is 0 Å². The third kappa shape index (κ3) is 4.14. The second-order valence-electron chi connectivity index (χ2n) is 7.10. The van der Waals surface area contributed by atoms with Gasteiger partial charge in [-0.25, -0.2) is 0 Å². The number of halogens is 3. The molecule has 6 nitrogen and oxygen atoms in total. The minimum atomic E-state index is -4.49. The van der Waals surface area contributed by atoms with Crippen LogP contribution >= 0.6 is 0 Å². The fourth-order valence-electron chi connectivity index (χ4n) is 3.42. The number of alkyl halides is 3. The van der Waals surface area contributed by atoms with Gasteiger partial charge in [-0.3, -0.25) is 4.79 Å². The lowest BCUT2D eigenvalue weighted by molar-refractivity contribution is -0.137. The summed E-state index contributed by atoms with van der Waals surface area (Å²) in [6.07, 6.45) is -2.57. The molecule has 1 amide bonds. The maximum absolute atomic E-state index is 13.2. The van der Waals surface area contributed by atoms with Crippen LogP contribution in [0.4, 0.5) is 24.5 Å². The van der Waals surface area contributed by atoms with Gasteiger partial charge in [0.15, 0.2) is 5.82 Å². The van der Waals surface area contributed by atoms with Crippen molar-refractivity contribution in [3.05, 3.63) is 59.4 Å². The SMILES string of the molecule is Cc1noc(-c2ccc(C(=O)Nc3cc(C(F)(F)F)ccc3N3CCCC3)cc2)n1. The summed E-state index contributed by atoms with van der Waals surface area (Å²) in [7, 11) is 0. The van der Waals surface area contributed by atoms with Crippen LogP contribution in [-0.4, -0.2) is 29.1 Å². The smallest absolute Gasteiger partial charge is 0.370 e. The zero-order valence-electron chi connectivity index (χ0n) is 16.2. The summed E-state index contributed by atoms with van der Waals surface area (Å²) < 4.78 is 44.7. The van der Waals surface area contributed by atoms with Gasteiger partial charge in [-0.2, -0.15) is 18.2 Å². The van der Waals surface area contributed by atoms with E-state index in [1.54, 1.807) is 31.2 Å². The van der Waals surface area contributed by atoms with Gasteiger partial charge in [0.2, 0.25) is 0 Å². The van der Waals surface area contributed by atoms with Crippen molar-refractivity contribution in [3.63, 3.8) is 0 Å². The summed E-state index contributed by atoms with van der Waals surface area (Å²) in [6, 6.07) is 9.88. The Balaban J connectivity index is 1.59. The van der Waals surface area contributed by atoms with E-state index in [-0.39, 0.29) is 5.69 Å². The Hall–Kier alpha value is -3.36. The third-order valence-electron chi connectivity index (χ3n) is 4.94. The molecule has 0 atom stereocenters. The maximum Gasteiger partial charge on any atom is 0.416 e. The van der Waals surface area contributed by atoms with E-state index in [2.05, 4.69) is 15.5 Å². The Labute approximate surface area is 170 Å². The van der Waals surface area contributed by atoms with Crippen molar-refractivity contribution in [2.45, 2.75) is 25.9 Å². The van der Waals surface area contributed by atoms with Gasteiger partial charge < -0.3 is 14.7 Å². The molecule has 0 saturated carbocycles. The summed E-state index contributed by atoms with van der Waals surface area (Å²) in [6.45, 7) is 3.18. The normalized spacial score (nSPS) is 14.2. The van der Waals surface area contributed by atoms with Crippen LogP contribution in [0.3, 0.4) is 0 Å². The van der Waals surface area contributed by atoms with Crippen LogP contribution in [0, 0.1) is 6.92 Å². The molecule has 3 aromatic rings. The van der Waals surface area contributed by atoms with Crippen LogP contribution in [0.1, 0.15) is 34.6 Å². The Morgan fingerprint density at radius 2 is 1.80 bits per heavy atom. The summed E-state index contributed by atoms with van der Waals surface area (Å²) in [5.41, 5.74) is 0.881. The number of benzene rings is 2. The first-order valence-electron chi connectivity index (χ1n) is 9.49. The summed E-state index contributed by atoms with van der Waals surface area (Å²) in [5.74, 6) is 0.322. The van der Waals surface area contributed by atoms with E-state index in [0.29, 0.717) is 28.5 Å². The molecule has 9 heteroatoms. The standard InChI is InChI=1S/C21H19F3N4O2/c1-13-25-20(30-27-13)15-6-4-14(5-7-15)19(29)26-17-12-16(21(22,23)24)8-9-18(17)28-10-2-3-11-28/h4-9,12H,2-3,10-11H2,1H3,(H,26,29). The molecule has 1 aliphatic rings. The molecule has 1 N–H and O–H groups in total. The summed E-state index contributed by atoms with van der Waals surface area (Å²) in [5, 5.41) is 6.37. The van der Waals surface area contributed by atoms with Gasteiger partial charge in [0.1, 0.15) is 0 Å². The number of aromatic nitrogens is 2. The number of anilines is 2. The van der Waals surface area contributed by atoms with E-state index in [0.717, 1.165) is 38.1 Å². The molecule has 2 aromatic carbocycles. The molecule has 1 fully saturated rings. The van der Waals surface area contributed by atoms with Crippen molar-refractivity contribution in [2.24, 2.45) is 0 Å². The minimum Gasteiger partial charge on any atom is -0.370 e. The Morgan fingerprint density at radius 1 is 1.10 bits per heavy atom. The molecule has 156 valence electrons. The monoisotopic (exact) mass is 416 g/mol. The molecular formula is C21H19F3N4O2. The third-order valence-corrected chi connectivity index (χ3v) is 4.94. The van der Waals surface area contributed by atoms with E-state index < -0.39 is 17.6 Å². The molecule has 30 heavy (non-hydrogen) atoms. The maximum atomic E-state index is 13.2. The lowest BCUT2D eigenvalue weighted by Gasteiger charge is -2.23. The Kier molecular flexibility index (Phi) is 5.19. The van der Waals surface area contributed by atoms with Gasteiger partial charge in [0.25, 0.3) is 11.8 Å². The molecule has 2 heterocycles. The van der Waals surface area contributed by atoms with Gasteiger partial charge in [0.05, 0.1) is 16.9 Å². The predicted molar refractivity (Wildman–Crippen MR) is 105 cm³/mol. The number of rotatable bonds is 4. The first-order valence-corrected chi connectivity index (χ1v) is 9.49. The molecule has 4 rings (SSSR count). The van der Waals surface area contributed by atoms with E-state index in [9.17, 15) is 18.0 Å². The Bertz CT molecular complexity index is 1050. The molecule has 0 spiro atoms. The van der Waals surface area contributed by atoms with Crippen molar-refractivity contribution < 1.29 is 22.5 Å². The minimum absolute atomic E-state index is 0.147. The molecule has 0 unspecified atom stereocenters. The number of aryl methyl sites for hydroxylation is 1. The summed E-state index contributed by atoms with van der Waals surface area (Å²) >= 11 is 0. The largest absolute Gasteiger partial charge is 0.416 e. The highest BCUT2D eigenvalue weighted by molar-refractivity contribution is 6.06. The van der Waals surface area contributed by atoms with Gasteiger partial charge >= 0.3 is 6.18 Å². The van der Waals surface area contributed by atoms with E-state index in [1.807, 2.05) is 4.90 Å². The molecular weight excluding hydrogens is 397 g/mol. The zero-order chi connectivity index (χ0) is 21.3. The second kappa shape index (κ2) is 7.81. The van der Waals surface area contributed by atoms with Crippen LogP contribution in [0.5, 0.6) is 0 Å². The highest BCUT2D eigenvalue weighted by atomic mass is 19.4. The van der Waals surface area contributed by atoms with Crippen LogP contribution in [0.15, 0.2) is 47.0 Å². The van der Waals surface area contributed by atoms with Gasteiger partial charge in [0, 0.05) is 24.2 Å². The van der Waals surface area contributed by atoms with Gasteiger partial charge in [-0.05, 0) is 62.2 Å². The second-order valence-corrected chi connectivity index (χ2v) is 7.10. The van der Waals surface area contributed by atoms with Crippen LogP contribution in [-0.2, 0) is 6.18 Å². The predicted octanol–water partition coefficient (Wildman–Crippen LogP) is 4.92. The van der Waals surface area contributed by atoms with Crippen LogP contribution in [0.25, 0.3) is 11.5 Å². The molecule has 1 aliphatic heterocycles. The number of carbonyl (C=O) groups is 1. The number of hydrogen-bond donors (Lipinski definition) is 1. The van der Waals surface area contributed by atoms with Gasteiger partial charge in [-0.15, -0.1) is 0 Å². The number of amides is 1. The van der Waals surface area contributed by atoms with Gasteiger partial charge in [-0.1, -0.05) is 5.16 Å². The zero-order valence-corrected chi connectivity index (χ0v) is 16.2. The fourth-order valence-corrected chi connectivity index (χ4v) is 3.42. The average molecular weight is 416 g/mol. The topological polar surface area (TPSA) is 71.3 Å². The quantitative estimate of drug-likeness (QED) is 0.654. The molecule has 1 aromatic heterocycles. The van der Waals surface area contributed by atoms with Crippen molar-refractivity contribution in [2.75, 3.05) is 23.3 Å². The van der Waals surface area contributed by atoms with Crippen molar-refractivity contribution in [3.8, 4) is 11.5 Å². The highest BCUT2D eigenvalue weighted by Crippen LogP contribution is 2.36. The highest BCUT2D eigenvalue weighted by Gasteiger charge is 2.32. The number of hydrogen-bond acceptors (Lipinski definition) is 5.